The Labute approximate surface area is 119 Å². The van der Waals surface area contributed by atoms with Crippen molar-refractivity contribution in [3.63, 3.8) is 0 Å². The highest BCUT2D eigenvalue weighted by Gasteiger charge is 2.49. The van der Waals surface area contributed by atoms with Gasteiger partial charge in [0.2, 0.25) is 5.91 Å². The van der Waals surface area contributed by atoms with Crippen LogP contribution in [-0.4, -0.2) is 39.2 Å². The number of carbonyl (C=O) groups excluding carboxylic acids is 1. The van der Waals surface area contributed by atoms with Crippen molar-refractivity contribution in [2.45, 2.75) is 16.7 Å². The number of hydrogen-bond donors (Lipinski definition) is 1. The molecule has 6 heteroatoms. The summed E-state index contributed by atoms with van der Waals surface area (Å²) >= 11 is 9.27. The lowest BCUT2D eigenvalue weighted by molar-refractivity contribution is -0.117. The molecule has 0 saturated carbocycles. The molecule has 2 fully saturated rings. The Kier molecular flexibility index (Phi) is 3.49. The Bertz CT molecular complexity index is 485. The zero-order chi connectivity index (χ0) is 12.7. The molecule has 0 spiro atoms. The fraction of sp³-hybridized carbons (Fsp3) is 0.417. The molecule has 3 atom stereocenters. The summed E-state index contributed by atoms with van der Waals surface area (Å²) in [5.41, 5.74) is 0.676. The predicted octanol–water partition coefficient (Wildman–Crippen LogP) is 2.22. The van der Waals surface area contributed by atoms with Crippen molar-refractivity contribution in [1.82, 2.24) is 0 Å². The molecule has 2 aliphatic rings. The highest BCUT2D eigenvalue weighted by molar-refractivity contribution is 8.07. The molecule has 18 heavy (non-hydrogen) atoms. The Morgan fingerprint density at radius 2 is 2.11 bits per heavy atom. The molecule has 2 saturated heterocycles. The first-order valence-electron chi connectivity index (χ1n) is 5.68. The number of nitrogens with zero attached hydrogens (tertiary/aromatic N) is 1. The molecule has 3 unspecified atom stereocenters. The molecule has 1 amide bonds. The Morgan fingerprint density at radius 1 is 1.33 bits per heavy atom. The molecule has 3 rings (SSSR count). The van der Waals surface area contributed by atoms with E-state index in [0.717, 1.165) is 11.5 Å². The first-order valence-corrected chi connectivity index (χ1v) is 8.16. The zero-order valence-electron chi connectivity index (χ0n) is 9.45. The maximum atomic E-state index is 12.4. The maximum absolute atomic E-state index is 12.4. The van der Waals surface area contributed by atoms with Crippen molar-refractivity contribution < 1.29 is 9.90 Å². The van der Waals surface area contributed by atoms with Gasteiger partial charge in [-0.2, -0.15) is 11.8 Å². The lowest BCUT2D eigenvalue weighted by Crippen LogP contribution is -2.36. The monoisotopic (exact) mass is 301 g/mol. The third-order valence-corrected chi connectivity index (χ3v) is 6.41. The van der Waals surface area contributed by atoms with Crippen LogP contribution in [0.5, 0.6) is 0 Å². The van der Waals surface area contributed by atoms with Crippen LogP contribution in [0.3, 0.4) is 0 Å². The average Bonchev–Trinajstić information content (AvgIpc) is 2.63. The number of benzene rings is 1. The van der Waals surface area contributed by atoms with Crippen LogP contribution in [0.1, 0.15) is 0 Å². The topological polar surface area (TPSA) is 40.5 Å². The van der Waals surface area contributed by atoms with Gasteiger partial charge in [-0.25, -0.2) is 0 Å². The van der Waals surface area contributed by atoms with Gasteiger partial charge in [0.05, 0.1) is 5.25 Å². The minimum absolute atomic E-state index is 0.00744. The average molecular weight is 302 g/mol. The van der Waals surface area contributed by atoms with Crippen LogP contribution in [0, 0.1) is 0 Å². The van der Waals surface area contributed by atoms with E-state index in [0.29, 0.717) is 10.7 Å². The predicted molar refractivity (Wildman–Crippen MR) is 77.4 cm³/mol. The van der Waals surface area contributed by atoms with Crippen molar-refractivity contribution in [1.29, 1.82) is 0 Å². The Morgan fingerprint density at radius 3 is 2.83 bits per heavy atom. The van der Waals surface area contributed by atoms with Crippen LogP contribution in [-0.2, 0) is 4.79 Å². The Balaban J connectivity index is 1.95. The summed E-state index contributed by atoms with van der Waals surface area (Å²) in [6.07, 6.45) is -0.751. The van der Waals surface area contributed by atoms with E-state index in [2.05, 4.69) is 0 Å². The number of hydrogen-bond acceptors (Lipinski definition) is 4. The normalized spacial score (nSPS) is 31.6. The summed E-state index contributed by atoms with van der Waals surface area (Å²) in [6.45, 7) is 0. The fourth-order valence-electron chi connectivity index (χ4n) is 2.32. The largest absolute Gasteiger partial charge is 0.372 e. The standard InChI is InChI=1S/C12H12ClNO2S2/c13-7-2-1-3-8(6-7)14-11(15)9-10(12(14)16)18-5-4-17-9/h1-3,6,9-11,15H,4-5H2. The van der Waals surface area contributed by atoms with E-state index in [1.165, 1.54) is 4.90 Å². The lowest BCUT2D eigenvalue weighted by Gasteiger charge is -2.24. The molecule has 2 heterocycles. The number of aliphatic hydroxyl groups is 1. The van der Waals surface area contributed by atoms with Gasteiger partial charge in [0.15, 0.2) is 0 Å². The van der Waals surface area contributed by atoms with Gasteiger partial charge in [-0.1, -0.05) is 17.7 Å². The molecule has 0 aliphatic carbocycles. The van der Waals surface area contributed by atoms with Crippen LogP contribution >= 0.6 is 35.1 Å². The molecule has 96 valence electrons. The van der Waals surface area contributed by atoms with E-state index in [1.54, 1.807) is 47.8 Å². The Hall–Kier alpha value is -0.360. The van der Waals surface area contributed by atoms with Crippen molar-refractivity contribution in [2.75, 3.05) is 16.4 Å². The van der Waals surface area contributed by atoms with Crippen LogP contribution in [0.4, 0.5) is 5.69 Å². The first kappa shape index (κ1) is 12.7. The number of carbonyl (C=O) groups is 1. The van der Waals surface area contributed by atoms with Gasteiger partial charge < -0.3 is 5.11 Å². The number of anilines is 1. The zero-order valence-corrected chi connectivity index (χ0v) is 11.8. The fourth-order valence-corrected chi connectivity index (χ4v) is 5.44. The van der Waals surface area contributed by atoms with Gasteiger partial charge in [0, 0.05) is 22.2 Å². The summed E-state index contributed by atoms with van der Waals surface area (Å²) < 4.78 is 0. The number of rotatable bonds is 1. The second-order valence-corrected chi connectivity index (χ2v) is 7.20. The van der Waals surface area contributed by atoms with E-state index < -0.39 is 6.23 Å². The van der Waals surface area contributed by atoms with Crippen LogP contribution in [0.25, 0.3) is 0 Å². The molecule has 3 nitrogen and oxygen atoms in total. The number of thioether (sulfide) groups is 2. The van der Waals surface area contributed by atoms with E-state index in [9.17, 15) is 9.90 Å². The molecule has 2 aliphatic heterocycles. The number of fused-ring (bicyclic) bond motifs is 1. The summed E-state index contributed by atoms with van der Waals surface area (Å²) in [4.78, 5) is 13.8. The highest BCUT2D eigenvalue weighted by atomic mass is 35.5. The second kappa shape index (κ2) is 4.96. The smallest absolute Gasteiger partial charge is 0.243 e. The molecule has 0 radical (unpaired) electrons. The summed E-state index contributed by atoms with van der Waals surface area (Å²) in [7, 11) is 0. The molecule has 0 bridgehead atoms. The summed E-state index contributed by atoms with van der Waals surface area (Å²) in [5, 5.41) is 10.7. The third-order valence-electron chi connectivity index (χ3n) is 3.12. The molecule has 0 aromatic heterocycles. The first-order chi connectivity index (χ1) is 8.68. The van der Waals surface area contributed by atoms with Crippen molar-refractivity contribution >= 4 is 46.7 Å². The highest BCUT2D eigenvalue weighted by Crippen LogP contribution is 2.42. The van der Waals surface area contributed by atoms with Crippen molar-refractivity contribution in [3.05, 3.63) is 29.3 Å². The minimum Gasteiger partial charge on any atom is -0.372 e. The quantitative estimate of drug-likeness (QED) is 0.863. The van der Waals surface area contributed by atoms with Gasteiger partial charge in [-0.05, 0) is 18.2 Å². The van der Waals surface area contributed by atoms with Gasteiger partial charge >= 0.3 is 0 Å². The molecule has 1 aromatic rings. The number of aliphatic hydroxyl groups excluding tert-OH is 1. The second-order valence-electron chi connectivity index (χ2n) is 4.23. The van der Waals surface area contributed by atoms with Crippen LogP contribution in [0.2, 0.25) is 5.02 Å². The molecular formula is C12H12ClNO2S2. The van der Waals surface area contributed by atoms with E-state index >= 15 is 0 Å². The maximum Gasteiger partial charge on any atom is 0.243 e. The minimum atomic E-state index is -0.751. The van der Waals surface area contributed by atoms with E-state index in [1.807, 2.05) is 0 Å². The summed E-state index contributed by atoms with van der Waals surface area (Å²) in [5.74, 6) is 1.94. The van der Waals surface area contributed by atoms with Gasteiger partial charge in [0.25, 0.3) is 0 Å². The lowest BCUT2D eigenvalue weighted by atomic mass is 10.3. The summed E-state index contributed by atoms with van der Waals surface area (Å²) in [6, 6.07) is 7.07. The molecule has 1 aromatic carbocycles. The van der Waals surface area contributed by atoms with Gasteiger partial charge in [0.1, 0.15) is 11.5 Å². The van der Waals surface area contributed by atoms with Gasteiger partial charge in [-0.3, -0.25) is 9.69 Å². The van der Waals surface area contributed by atoms with Crippen LogP contribution in [0.15, 0.2) is 24.3 Å². The number of amides is 1. The number of halogens is 1. The van der Waals surface area contributed by atoms with E-state index in [-0.39, 0.29) is 16.4 Å². The van der Waals surface area contributed by atoms with E-state index in [4.69, 9.17) is 11.6 Å². The molecular weight excluding hydrogens is 290 g/mol. The van der Waals surface area contributed by atoms with Crippen LogP contribution < -0.4 is 4.90 Å². The third kappa shape index (κ3) is 2.03. The van der Waals surface area contributed by atoms with Crippen molar-refractivity contribution in [2.24, 2.45) is 0 Å². The van der Waals surface area contributed by atoms with Crippen molar-refractivity contribution in [3.8, 4) is 0 Å². The molecule has 1 N–H and O–H groups in total. The van der Waals surface area contributed by atoms with Gasteiger partial charge in [-0.15, -0.1) is 11.8 Å². The SMILES string of the molecule is O=C1C2SCCSC2C(O)N1c1cccc(Cl)c1.